The van der Waals surface area contributed by atoms with Crippen molar-refractivity contribution < 1.29 is 9.90 Å². The third-order valence-corrected chi connectivity index (χ3v) is 3.31. The Morgan fingerprint density at radius 3 is 3.00 bits per heavy atom. The van der Waals surface area contributed by atoms with Crippen molar-refractivity contribution in [1.82, 2.24) is 15.5 Å². The summed E-state index contributed by atoms with van der Waals surface area (Å²) in [4.78, 5) is 11.6. The van der Waals surface area contributed by atoms with E-state index in [0.29, 0.717) is 5.69 Å². The Hall–Kier alpha value is -1.01. The minimum atomic E-state index is -0.201. The number of H-pyrrole nitrogens is 1. The van der Waals surface area contributed by atoms with Gasteiger partial charge in [0.05, 0.1) is 6.61 Å². The Morgan fingerprint density at radius 1 is 1.80 bits per heavy atom. The SMILES string of the molecule is CSC(CO)C(C)NC(=O)c1ccn[nH]1. The van der Waals surface area contributed by atoms with Crippen LogP contribution in [-0.4, -0.2) is 45.4 Å². The number of amides is 1. The second-order valence-corrected chi connectivity index (χ2v) is 4.27. The van der Waals surface area contributed by atoms with Crippen molar-refractivity contribution in [2.24, 2.45) is 0 Å². The first-order valence-electron chi connectivity index (χ1n) is 4.63. The number of thioether (sulfide) groups is 1. The van der Waals surface area contributed by atoms with Gasteiger partial charge in [-0.05, 0) is 19.2 Å². The number of aliphatic hydroxyl groups is 1. The van der Waals surface area contributed by atoms with Gasteiger partial charge in [-0.25, -0.2) is 0 Å². The molecule has 84 valence electrons. The van der Waals surface area contributed by atoms with Crippen LogP contribution >= 0.6 is 11.8 Å². The number of hydrogen-bond acceptors (Lipinski definition) is 4. The average Bonchev–Trinajstić information content (AvgIpc) is 2.72. The van der Waals surface area contributed by atoms with Gasteiger partial charge in [0, 0.05) is 17.5 Å². The van der Waals surface area contributed by atoms with Crippen LogP contribution in [0.4, 0.5) is 0 Å². The van der Waals surface area contributed by atoms with Gasteiger partial charge in [-0.3, -0.25) is 9.89 Å². The molecule has 1 aromatic heterocycles. The van der Waals surface area contributed by atoms with Gasteiger partial charge in [-0.1, -0.05) is 0 Å². The van der Waals surface area contributed by atoms with E-state index in [9.17, 15) is 4.79 Å². The molecule has 0 bridgehead atoms. The zero-order valence-corrected chi connectivity index (χ0v) is 9.54. The molecule has 5 nitrogen and oxygen atoms in total. The van der Waals surface area contributed by atoms with E-state index < -0.39 is 0 Å². The Kier molecular flexibility index (Phi) is 4.64. The lowest BCUT2D eigenvalue weighted by molar-refractivity contribution is 0.0931. The van der Waals surface area contributed by atoms with Gasteiger partial charge in [0.2, 0.25) is 0 Å². The standard InChI is InChI=1S/C9H15N3O2S/c1-6(8(5-13)15-2)11-9(14)7-3-4-10-12-7/h3-4,6,8,13H,5H2,1-2H3,(H,10,12)(H,11,14). The lowest BCUT2D eigenvalue weighted by Crippen LogP contribution is -2.41. The molecule has 0 spiro atoms. The summed E-state index contributed by atoms with van der Waals surface area (Å²) in [5.41, 5.74) is 0.430. The Bertz CT molecular complexity index is 298. The number of nitrogens with zero attached hydrogens (tertiary/aromatic N) is 1. The molecule has 2 atom stereocenters. The molecule has 0 radical (unpaired) electrons. The van der Waals surface area contributed by atoms with Crippen molar-refractivity contribution in [1.29, 1.82) is 0 Å². The molecule has 0 fully saturated rings. The smallest absolute Gasteiger partial charge is 0.269 e. The normalized spacial score (nSPS) is 14.6. The van der Waals surface area contributed by atoms with Crippen LogP contribution in [0, 0.1) is 0 Å². The fourth-order valence-corrected chi connectivity index (χ4v) is 1.82. The monoisotopic (exact) mass is 229 g/mol. The summed E-state index contributed by atoms with van der Waals surface area (Å²) >= 11 is 1.53. The zero-order chi connectivity index (χ0) is 11.3. The maximum Gasteiger partial charge on any atom is 0.269 e. The highest BCUT2D eigenvalue weighted by atomic mass is 32.2. The summed E-state index contributed by atoms with van der Waals surface area (Å²) in [5.74, 6) is -0.201. The van der Waals surface area contributed by atoms with Crippen molar-refractivity contribution in [3.63, 3.8) is 0 Å². The Balaban J connectivity index is 2.51. The minimum Gasteiger partial charge on any atom is -0.395 e. The first-order valence-corrected chi connectivity index (χ1v) is 5.91. The van der Waals surface area contributed by atoms with Crippen molar-refractivity contribution in [2.75, 3.05) is 12.9 Å². The maximum atomic E-state index is 11.6. The molecule has 15 heavy (non-hydrogen) atoms. The molecular formula is C9H15N3O2S. The van der Waals surface area contributed by atoms with Gasteiger partial charge in [-0.15, -0.1) is 0 Å². The van der Waals surface area contributed by atoms with Crippen LogP contribution in [0.1, 0.15) is 17.4 Å². The van der Waals surface area contributed by atoms with Crippen molar-refractivity contribution in [3.8, 4) is 0 Å². The van der Waals surface area contributed by atoms with Crippen LogP contribution in [0.5, 0.6) is 0 Å². The van der Waals surface area contributed by atoms with E-state index in [4.69, 9.17) is 5.11 Å². The minimum absolute atomic E-state index is 0.0110. The molecule has 0 aliphatic carbocycles. The molecule has 6 heteroatoms. The fourth-order valence-electron chi connectivity index (χ4n) is 1.20. The van der Waals surface area contributed by atoms with E-state index in [1.54, 1.807) is 6.07 Å². The number of aromatic nitrogens is 2. The quantitative estimate of drug-likeness (QED) is 0.676. The highest BCUT2D eigenvalue weighted by Crippen LogP contribution is 2.10. The van der Waals surface area contributed by atoms with Gasteiger partial charge < -0.3 is 10.4 Å². The highest BCUT2D eigenvalue weighted by molar-refractivity contribution is 7.99. The number of carbonyl (C=O) groups is 1. The predicted octanol–water partition coefficient (Wildman–Crippen LogP) is 0.252. The number of nitrogens with one attached hydrogen (secondary N) is 2. The Morgan fingerprint density at radius 2 is 2.53 bits per heavy atom. The molecule has 0 saturated heterocycles. The summed E-state index contributed by atoms with van der Waals surface area (Å²) in [6, 6.07) is 1.52. The maximum absolute atomic E-state index is 11.6. The van der Waals surface area contributed by atoms with E-state index in [1.165, 1.54) is 18.0 Å². The van der Waals surface area contributed by atoms with Gasteiger partial charge in [0.25, 0.3) is 5.91 Å². The van der Waals surface area contributed by atoms with Gasteiger partial charge in [0.15, 0.2) is 0 Å². The van der Waals surface area contributed by atoms with Crippen LogP contribution in [0.25, 0.3) is 0 Å². The van der Waals surface area contributed by atoms with Crippen LogP contribution in [-0.2, 0) is 0 Å². The number of aromatic amines is 1. The van der Waals surface area contributed by atoms with Crippen LogP contribution in [0.15, 0.2) is 12.3 Å². The van der Waals surface area contributed by atoms with Crippen molar-refractivity contribution in [2.45, 2.75) is 18.2 Å². The lowest BCUT2D eigenvalue weighted by Gasteiger charge is -2.20. The number of carbonyl (C=O) groups excluding carboxylic acids is 1. The third kappa shape index (κ3) is 3.24. The largest absolute Gasteiger partial charge is 0.395 e. The summed E-state index contributed by atoms with van der Waals surface area (Å²) < 4.78 is 0. The van der Waals surface area contributed by atoms with E-state index >= 15 is 0 Å². The Labute approximate surface area is 92.6 Å². The van der Waals surface area contributed by atoms with Gasteiger partial charge >= 0.3 is 0 Å². The first-order chi connectivity index (χ1) is 7.19. The molecule has 1 amide bonds. The van der Waals surface area contributed by atoms with Crippen molar-refractivity contribution >= 4 is 17.7 Å². The zero-order valence-electron chi connectivity index (χ0n) is 8.73. The first kappa shape index (κ1) is 12.1. The summed E-state index contributed by atoms with van der Waals surface area (Å²) in [6.45, 7) is 1.91. The van der Waals surface area contributed by atoms with E-state index in [2.05, 4.69) is 15.5 Å². The molecule has 2 unspecified atom stereocenters. The third-order valence-electron chi connectivity index (χ3n) is 2.14. The van der Waals surface area contributed by atoms with E-state index in [-0.39, 0.29) is 23.8 Å². The second kappa shape index (κ2) is 5.77. The molecular weight excluding hydrogens is 214 g/mol. The molecule has 1 aromatic rings. The van der Waals surface area contributed by atoms with Crippen LogP contribution in [0.2, 0.25) is 0 Å². The molecule has 1 heterocycles. The van der Waals surface area contributed by atoms with Gasteiger partial charge in [0.1, 0.15) is 5.69 Å². The van der Waals surface area contributed by atoms with E-state index in [0.717, 1.165) is 0 Å². The van der Waals surface area contributed by atoms with Gasteiger partial charge in [-0.2, -0.15) is 16.9 Å². The molecule has 0 aliphatic heterocycles. The summed E-state index contributed by atoms with van der Waals surface area (Å²) in [7, 11) is 0. The van der Waals surface area contributed by atoms with E-state index in [1.807, 2.05) is 13.2 Å². The molecule has 0 aliphatic rings. The number of aliphatic hydroxyl groups excluding tert-OH is 1. The van der Waals surface area contributed by atoms with Crippen LogP contribution in [0.3, 0.4) is 0 Å². The van der Waals surface area contributed by atoms with Crippen LogP contribution < -0.4 is 5.32 Å². The van der Waals surface area contributed by atoms with Crippen molar-refractivity contribution in [3.05, 3.63) is 18.0 Å². The highest BCUT2D eigenvalue weighted by Gasteiger charge is 2.18. The average molecular weight is 229 g/mol. The number of hydrogen-bond donors (Lipinski definition) is 3. The number of rotatable bonds is 5. The molecule has 0 aromatic carbocycles. The molecule has 3 N–H and O–H groups in total. The summed E-state index contributed by atoms with van der Waals surface area (Å²) in [6.07, 6.45) is 3.43. The lowest BCUT2D eigenvalue weighted by atomic mass is 10.2. The fraction of sp³-hybridized carbons (Fsp3) is 0.556. The molecule has 0 saturated carbocycles. The predicted molar refractivity (Wildman–Crippen MR) is 59.9 cm³/mol. The molecule has 1 rings (SSSR count). The summed E-state index contributed by atoms with van der Waals surface area (Å²) in [5, 5.41) is 18.1. The topological polar surface area (TPSA) is 78.0 Å². The second-order valence-electron chi connectivity index (χ2n) is 3.19.